The molecule has 26 heavy (non-hydrogen) atoms. The van der Waals surface area contributed by atoms with E-state index in [0.29, 0.717) is 19.4 Å². The second-order valence-electron chi connectivity index (χ2n) is 7.64. The van der Waals surface area contributed by atoms with Crippen LogP contribution in [-0.2, 0) is 20.8 Å². The van der Waals surface area contributed by atoms with Gasteiger partial charge >= 0.3 is 5.97 Å². The topological polar surface area (TPSA) is 95.5 Å². The molecule has 1 aromatic rings. The molecule has 0 saturated heterocycles. The van der Waals surface area contributed by atoms with Gasteiger partial charge in [-0.3, -0.25) is 14.4 Å². The average Bonchev–Trinajstić information content (AvgIpc) is 2.54. The van der Waals surface area contributed by atoms with Crippen LogP contribution < -0.4 is 10.6 Å². The predicted molar refractivity (Wildman–Crippen MR) is 101 cm³/mol. The zero-order valence-corrected chi connectivity index (χ0v) is 16.1. The molecule has 6 heteroatoms. The van der Waals surface area contributed by atoms with E-state index in [2.05, 4.69) is 10.6 Å². The number of nitrogens with one attached hydrogen (secondary N) is 2. The molecule has 0 aliphatic heterocycles. The molecular weight excluding hydrogens is 332 g/mol. The number of aryl methyl sites for hydroxylation is 1. The van der Waals surface area contributed by atoms with E-state index < -0.39 is 17.3 Å². The summed E-state index contributed by atoms with van der Waals surface area (Å²) >= 11 is 0. The van der Waals surface area contributed by atoms with Crippen LogP contribution in [0.5, 0.6) is 0 Å². The van der Waals surface area contributed by atoms with Gasteiger partial charge in [-0.2, -0.15) is 0 Å². The molecule has 3 N–H and O–H groups in total. The molecule has 0 aromatic heterocycles. The predicted octanol–water partition coefficient (Wildman–Crippen LogP) is 2.30. The summed E-state index contributed by atoms with van der Waals surface area (Å²) in [4.78, 5) is 35.1. The number of amides is 2. The van der Waals surface area contributed by atoms with Gasteiger partial charge in [0.2, 0.25) is 11.8 Å². The van der Waals surface area contributed by atoms with Crippen LogP contribution in [0, 0.1) is 18.3 Å². The molecule has 0 aliphatic rings. The Balaban J connectivity index is 2.36. The Morgan fingerprint density at radius 1 is 1.15 bits per heavy atom. The number of aliphatic carboxylic acids is 1. The third-order valence-electron chi connectivity index (χ3n) is 4.01. The van der Waals surface area contributed by atoms with Gasteiger partial charge in [-0.15, -0.1) is 0 Å². The lowest BCUT2D eigenvalue weighted by Gasteiger charge is -2.17. The third kappa shape index (κ3) is 8.14. The zero-order valence-electron chi connectivity index (χ0n) is 16.1. The summed E-state index contributed by atoms with van der Waals surface area (Å²) in [5.41, 5.74) is 1.57. The van der Waals surface area contributed by atoms with Gasteiger partial charge in [0.15, 0.2) is 0 Å². The summed E-state index contributed by atoms with van der Waals surface area (Å²) in [6.07, 6.45) is 1.14. The lowest BCUT2D eigenvalue weighted by Crippen LogP contribution is -2.36. The maximum absolute atomic E-state index is 11.9. The van der Waals surface area contributed by atoms with Crippen molar-refractivity contribution in [2.75, 3.05) is 13.1 Å². The number of benzene rings is 1. The van der Waals surface area contributed by atoms with Crippen LogP contribution in [0.1, 0.15) is 44.7 Å². The molecule has 1 atom stereocenters. The van der Waals surface area contributed by atoms with Crippen LogP contribution in [0.15, 0.2) is 24.3 Å². The lowest BCUT2D eigenvalue weighted by atomic mass is 9.96. The fraction of sp³-hybridized carbons (Fsp3) is 0.550. The van der Waals surface area contributed by atoms with E-state index in [0.717, 1.165) is 11.1 Å². The molecule has 0 aliphatic carbocycles. The van der Waals surface area contributed by atoms with Gasteiger partial charge in [0.25, 0.3) is 0 Å². The first-order chi connectivity index (χ1) is 12.1. The highest BCUT2D eigenvalue weighted by molar-refractivity contribution is 5.81. The quantitative estimate of drug-likeness (QED) is 0.587. The fourth-order valence-corrected chi connectivity index (χ4v) is 2.41. The van der Waals surface area contributed by atoms with E-state index in [4.69, 9.17) is 0 Å². The Bertz CT molecular complexity index is 635. The third-order valence-corrected chi connectivity index (χ3v) is 4.01. The van der Waals surface area contributed by atoms with Crippen molar-refractivity contribution in [1.29, 1.82) is 0 Å². The van der Waals surface area contributed by atoms with Crippen LogP contribution >= 0.6 is 0 Å². The molecule has 6 nitrogen and oxygen atoms in total. The minimum Gasteiger partial charge on any atom is -0.481 e. The highest BCUT2D eigenvalue weighted by Gasteiger charge is 2.21. The first-order valence-corrected chi connectivity index (χ1v) is 8.93. The fourth-order valence-electron chi connectivity index (χ4n) is 2.41. The van der Waals surface area contributed by atoms with E-state index in [1.807, 2.05) is 52.0 Å². The summed E-state index contributed by atoms with van der Waals surface area (Å²) < 4.78 is 0. The molecule has 1 rings (SSSR count). The Kier molecular flexibility index (Phi) is 8.29. The molecule has 0 spiro atoms. The number of carboxylic acid groups (broad SMARTS) is 1. The summed E-state index contributed by atoms with van der Waals surface area (Å²) in [7, 11) is 0. The number of carbonyl (C=O) groups excluding carboxylic acids is 2. The van der Waals surface area contributed by atoms with Crippen LogP contribution in [0.3, 0.4) is 0 Å². The van der Waals surface area contributed by atoms with Crippen molar-refractivity contribution in [2.45, 2.75) is 47.0 Å². The van der Waals surface area contributed by atoms with Crippen LogP contribution in [-0.4, -0.2) is 36.0 Å². The van der Waals surface area contributed by atoms with Gasteiger partial charge in [0.1, 0.15) is 0 Å². The number of rotatable bonds is 9. The van der Waals surface area contributed by atoms with Crippen molar-refractivity contribution >= 4 is 17.8 Å². The van der Waals surface area contributed by atoms with Crippen LogP contribution in [0.25, 0.3) is 0 Å². The van der Waals surface area contributed by atoms with E-state index >= 15 is 0 Å². The van der Waals surface area contributed by atoms with Crippen molar-refractivity contribution in [3.05, 3.63) is 35.4 Å². The minimum absolute atomic E-state index is 0.0537. The summed E-state index contributed by atoms with van der Waals surface area (Å²) in [6, 6.07) is 7.70. The van der Waals surface area contributed by atoms with E-state index in [1.165, 1.54) is 0 Å². The summed E-state index contributed by atoms with van der Waals surface area (Å²) in [6.45, 7) is 7.96. The standard InChI is InChI=1S/C20H30N2O4/c1-14-7-5-8-15(11-14)12-16(18(24)25)13-22-17(23)9-6-10-21-19(26)20(2,3)4/h5,7-8,11,16H,6,9-10,12-13H2,1-4H3,(H,21,26)(H,22,23)(H,24,25). The van der Waals surface area contributed by atoms with E-state index in [1.54, 1.807) is 0 Å². The van der Waals surface area contributed by atoms with Crippen molar-refractivity contribution in [1.82, 2.24) is 10.6 Å². The van der Waals surface area contributed by atoms with Gasteiger partial charge in [-0.25, -0.2) is 0 Å². The Morgan fingerprint density at radius 2 is 1.85 bits per heavy atom. The lowest BCUT2D eigenvalue weighted by molar-refractivity contribution is -0.141. The van der Waals surface area contributed by atoms with Crippen molar-refractivity contribution in [2.24, 2.45) is 11.3 Å². The Labute approximate surface area is 155 Å². The van der Waals surface area contributed by atoms with Crippen LogP contribution in [0.2, 0.25) is 0 Å². The maximum Gasteiger partial charge on any atom is 0.308 e. The molecule has 0 heterocycles. The number of hydrogen-bond acceptors (Lipinski definition) is 3. The van der Waals surface area contributed by atoms with Crippen molar-refractivity contribution in [3.8, 4) is 0 Å². The second-order valence-corrected chi connectivity index (χ2v) is 7.64. The average molecular weight is 362 g/mol. The van der Waals surface area contributed by atoms with Gasteiger partial charge < -0.3 is 15.7 Å². The van der Waals surface area contributed by atoms with Gasteiger partial charge in [-0.1, -0.05) is 50.6 Å². The molecule has 2 amide bonds. The molecule has 0 bridgehead atoms. The SMILES string of the molecule is Cc1cccc(CC(CNC(=O)CCCNC(=O)C(C)(C)C)C(=O)O)c1. The Morgan fingerprint density at radius 3 is 2.42 bits per heavy atom. The minimum atomic E-state index is -0.927. The molecule has 144 valence electrons. The molecular formula is C20H30N2O4. The van der Waals surface area contributed by atoms with Gasteiger partial charge in [0.05, 0.1) is 5.92 Å². The largest absolute Gasteiger partial charge is 0.481 e. The first-order valence-electron chi connectivity index (χ1n) is 8.93. The van der Waals surface area contributed by atoms with Crippen molar-refractivity contribution in [3.63, 3.8) is 0 Å². The molecule has 1 aromatic carbocycles. The van der Waals surface area contributed by atoms with E-state index in [-0.39, 0.29) is 24.8 Å². The second kappa shape index (κ2) is 9.94. The highest BCUT2D eigenvalue weighted by Crippen LogP contribution is 2.12. The van der Waals surface area contributed by atoms with Crippen LogP contribution in [0.4, 0.5) is 0 Å². The van der Waals surface area contributed by atoms with Gasteiger partial charge in [0, 0.05) is 24.9 Å². The molecule has 0 radical (unpaired) electrons. The molecule has 0 fully saturated rings. The highest BCUT2D eigenvalue weighted by atomic mass is 16.4. The normalized spacial score (nSPS) is 12.3. The zero-order chi connectivity index (χ0) is 19.7. The first kappa shape index (κ1) is 21.7. The van der Waals surface area contributed by atoms with E-state index in [9.17, 15) is 19.5 Å². The molecule has 0 saturated carbocycles. The van der Waals surface area contributed by atoms with Crippen molar-refractivity contribution < 1.29 is 19.5 Å². The summed E-state index contributed by atoms with van der Waals surface area (Å²) in [5, 5.41) is 14.8. The number of carboxylic acids is 1. The molecule has 1 unspecified atom stereocenters. The Hall–Kier alpha value is -2.37. The number of hydrogen-bond donors (Lipinski definition) is 3. The van der Waals surface area contributed by atoms with Gasteiger partial charge in [-0.05, 0) is 25.3 Å². The smallest absolute Gasteiger partial charge is 0.308 e. The summed E-state index contributed by atoms with van der Waals surface area (Å²) in [5.74, 6) is -1.85. The monoisotopic (exact) mass is 362 g/mol. The maximum atomic E-state index is 11.9. The number of carbonyl (C=O) groups is 3.